The molecule has 1 N–H and O–H groups in total. The Labute approximate surface area is 170 Å². The first-order chi connectivity index (χ1) is 13.5. The molecule has 4 nitrogen and oxygen atoms in total. The van der Waals surface area contributed by atoms with Crippen LogP contribution < -0.4 is 5.56 Å². The lowest BCUT2D eigenvalue weighted by atomic mass is 10.1. The number of aryl methyl sites for hydroxylation is 1. The molecule has 4 aromatic rings. The summed E-state index contributed by atoms with van der Waals surface area (Å²) >= 11 is 3.51. The average Bonchev–Trinajstić information content (AvgIpc) is 2.69. The van der Waals surface area contributed by atoms with Gasteiger partial charge >= 0.3 is 0 Å². The minimum atomic E-state index is -0.122. The first kappa shape index (κ1) is 18.2. The van der Waals surface area contributed by atoms with Crippen molar-refractivity contribution in [3.05, 3.63) is 98.5 Å². The highest BCUT2D eigenvalue weighted by Crippen LogP contribution is 2.21. The van der Waals surface area contributed by atoms with Gasteiger partial charge in [-0.1, -0.05) is 46.3 Å². The summed E-state index contributed by atoms with van der Waals surface area (Å²) in [6, 6.07) is 20.0. The monoisotopic (exact) mass is 432 g/mol. The van der Waals surface area contributed by atoms with E-state index in [2.05, 4.69) is 15.9 Å². The fourth-order valence-electron chi connectivity index (χ4n) is 3.08. The Morgan fingerprint density at radius 1 is 1.00 bits per heavy atom. The molecule has 0 aliphatic rings. The fraction of sp³-hybridized carbons (Fsp3) is 0.0435. The predicted molar refractivity (Wildman–Crippen MR) is 117 cm³/mol. The Bertz CT molecular complexity index is 1280. The fourth-order valence-corrected chi connectivity index (χ4v) is 3.33. The van der Waals surface area contributed by atoms with Crippen molar-refractivity contribution >= 4 is 39.0 Å². The first-order valence-electron chi connectivity index (χ1n) is 8.78. The third-order valence-corrected chi connectivity index (χ3v) is 5.39. The lowest BCUT2D eigenvalue weighted by Gasteiger charge is -2.12. The van der Waals surface area contributed by atoms with Gasteiger partial charge in [0.25, 0.3) is 5.56 Å². The van der Waals surface area contributed by atoms with Gasteiger partial charge in [-0.2, -0.15) is 0 Å². The average molecular weight is 433 g/mol. The Hall–Kier alpha value is -3.18. The van der Waals surface area contributed by atoms with E-state index in [0.29, 0.717) is 16.7 Å². The maximum atomic E-state index is 13.2. The molecule has 0 spiro atoms. The third-order valence-electron chi connectivity index (χ3n) is 4.50. The number of fused-ring (bicyclic) bond motifs is 1. The smallest absolute Gasteiger partial charge is 0.266 e. The van der Waals surface area contributed by atoms with E-state index in [0.717, 1.165) is 21.3 Å². The molecule has 138 valence electrons. The molecule has 0 radical (unpaired) electrons. The van der Waals surface area contributed by atoms with Crippen LogP contribution in [0.15, 0.2) is 76.0 Å². The van der Waals surface area contributed by atoms with E-state index in [1.807, 2.05) is 55.5 Å². The number of halogens is 1. The molecule has 28 heavy (non-hydrogen) atoms. The summed E-state index contributed by atoms with van der Waals surface area (Å²) in [5.74, 6) is 0.711. The van der Waals surface area contributed by atoms with Crippen molar-refractivity contribution in [1.82, 2.24) is 9.55 Å². The molecule has 0 atom stereocenters. The number of rotatable bonds is 3. The van der Waals surface area contributed by atoms with Crippen molar-refractivity contribution in [3.63, 3.8) is 0 Å². The van der Waals surface area contributed by atoms with Gasteiger partial charge < -0.3 is 5.11 Å². The molecule has 0 aliphatic carbocycles. The zero-order chi connectivity index (χ0) is 19.7. The Kier molecular flexibility index (Phi) is 4.84. The van der Waals surface area contributed by atoms with E-state index in [1.165, 1.54) is 0 Å². The van der Waals surface area contributed by atoms with Gasteiger partial charge in [-0.3, -0.25) is 9.36 Å². The highest BCUT2D eigenvalue weighted by Gasteiger charge is 2.11. The number of para-hydroxylation sites is 1. The van der Waals surface area contributed by atoms with Gasteiger partial charge in [0, 0.05) is 4.47 Å². The topological polar surface area (TPSA) is 55.1 Å². The molecule has 4 rings (SSSR count). The van der Waals surface area contributed by atoms with E-state index < -0.39 is 0 Å². The summed E-state index contributed by atoms with van der Waals surface area (Å²) < 4.78 is 2.59. The standard InChI is InChI=1S/C23H17BrN2O2/c1-15-13-17(10-11-20(15)24)26-22(12-9-16-5-4-6-18(27)14-16)25-21-8-3-2-7-19(21)23(26)28/h2-14,27H,1H3. The highest BCUT2D eigenvalue weighted by molar-refractivity contribution is 9.10. The lowest BCUT2D eigenvalue weighted by molar-refractivity contribution is 0.475. The molecular formula is C23H17BrN2O2. The van der Waals surface area contributed by atoms with Crippen LogP contribution in [-0.4, -0.2) is 14.7 Å². The summed E-state index contributed by atoms with van der Waals surface area (Å²) in [6.07, 6.45) is 3.62. The summed E-state index contributed by atoms with van der Waals surface area (Å²) in [7, 11) is 0. The van der Waals surface area contributed by atoms with Crippen LogP contribution in [0.5, 0.6) is 5.75 Å². The van der Waals surface area contributed by atoms with Gasteiger partial charge in [0.05, 0.1) is 16.6 Å². The highest BCUT2D eigenvalue weighted by atomic mass is 79.9. The molecule has 0 amide bonds. The molecule has 3 aromatic carbocycles. The molecule has 0 saturated carbocycles. The summed E-state index contributed by atoms with van der Waals surface area (Å²) in [5, 5.41) is 10.2. The number of hydrogen-bond acceptors (Lipinski definition) is 3. The maximum absolute atomic E-state index is 13.2. The SMILES string of the molecule is Cc1cc(-n2c(C=Cc3cccc(O)c3)nc3ccccc3c2=O)ccc1Br. The summed E-state index contributed by atoms with van der Waals surface area (Å²) in [4.78, 5) is 18.0. The number of nitrogens with zero attached hydrogens (tertiary/aromatic N) is 2. The third kappa shape index (κ3) is 3.49. The Morgan fingerprint density at radius 2 is 1.82 bits per heavy atom. The minimum absolute atomic E-state index is 0.122. The molecule has 1 aromatic heterocycles. The molecule has 0 fully saturated rings. The number of phenolic OH excluding ortho intramolecular Hbond substituents is 1. The maximum Gasteiger partial charge on any atom is 0.266 e. The van der Waals surface area contributed by atoms with Crippen LogP contribution >= 0.6 is 15.9 Å². The van der Waals surface area contributed by atoms with Crippen LogP contribution in [0.3, 0.4) is 0 Å². The molecule has 1 heterocycles. The largest absolute Gasteiger partial charge is 0.508 e. The quantitative estimate of drug-likeness (QED) is 0.475. The van der Waals surface area contributed by atoms with Gasteiger partial charge in [-0.05, 0) is 66.6 Å². The van der Waals surface area contributed by atoms with Gasteiger partial charge in [0.2, 0.25) is 0 Å². The van der Waals surface area contributed by atoms with Gasteiger partial charge in [-0.25, -0.2) is 4.98 Å². The van der Waals surface area contributed by atoms with Crippen LogP contribution in [0, 0.1) is 6.92 Å². The van der Waals surface area contributed by atoms with Crippen molar-refractivity contribution in [2.24, 2.45) is 0 Å². The van der Waals surface area contributed by atoms with Crippen molar-refractivity contribution in [3.8, 4) is 11.4 Å². The number of aromatic nitrogens is 2. The predicted octanol–water partition coefficient (Wildman–Crippen LogP) is 5.33. The molecule has 0 unspecified atom stereocenters. The van der Waals surface area contributed by atoms with Gasteiger partial charge in [0.15, 0.2) is 0 Å². The number of phenols is 1. The van der Waals surface area contributed by atoms with Crippen LogP contribution in [0.2, 0.25) is 0 Å². The number of hydrogen-bond donors (Lipinski definition) is 1. The van der Waals surface area contributed by atoms with Crippen LogP contribution in [-0.2, 0) is 0 Å². The molecule has 0 bridgehead atoms. The van der Waals surface area contributed by atoms with E-state index in [4.69, 9.17) is 4.98 Å². The second-order valence-electron chi connectivity index (χ2n) is 6.49. The van der Waals surface area contributed by atoms with Crippen LogP contribution in [0.25, 0.3) is 28.7 Å². The number of aromatic hydroxyl groups is 1. The molecule has 0 saturated heterocycles. The number of benzene rings is 3. The van der Waals surface area contributed by atoms with E-state index in [9.17, 15) is 9.90 Å². The van der Waals surface area contributed by atoms with Gasteiger partial charge in [0.1, 0.15) is 11.6 Å². The second kappa shape index (κ2) is 7.44. The second-order valence-corrected chi connectivity index (χ2v) is 7.34. The summed E-state index contributed by atoms with van der Waals surface area (Å²) in [6.45, 7) is 1.98. The Morgan fingerprint density at radius 3 is 2.61 bits per heavy atom. The zero-order valence-electron chi connectivity index (χ0n) is 15.1. The van der Waals surface area contributed by atoms with E-state index >= 15 is 0 Å². The molecular weight excluding hydrogens is 416 g/mol. The van der Waals surface area contributed by atoms with Crippen molar-refractivity contribution in [2.75, 3.05) is 0 Å². The minimum Gasteiger partial charge on any atom is -0.508 e. The zero-order valence-corrected chi connectivity index (χ0v) is 16.7. The first-order valence-corrected chi connectivity index (χ1v) is 9.58. The summed E-state index contributed by atoms with van der Waals surface area (Å²) in [5.41, 5.74) is 3.12. The van der Waals surface area contributed by atoms with Crippen LogP contribution in [0.4, 0.5) is 0 Å². The molecule has 5 heteroatoms. The van der Waals surface area contributed by atoms with Crippen LogP contribution in [0.1, 0.15) is 17.0 Å². The van der Waals surface area contributed by atoms with E-state index in [1.54, 1.807) is 34.9 Å². The van der Waals surface area contributed by atoms with Crippen molar-refractivity contribution < 1.29 is 5.11 Å². The van der Waals surface area contributed by atoms with E-state index in [-0.39, 0.29) is 11.3 Å². The van der Waals surface area contributed by atoms with Crippen molar-refractivity contribution in [1.29, 1.82) is 0 Å². The molecule has 0 aliphatic heterocycles. The Balaban J connectivity index is 1.95. The van der Waals surface area contributed by atoms with Gasteiger partial charge in [-0.15, -0.1) is 0 Å². The normalized spacial score (nSPS) is 11.4. The van der Waals surface area contributed by atoms with Crippen molar-refractivity contribution in [2.45, 2.75) is 6.92 Å². The lowest BCUT2D eigenvalue weighted by Crippen LogP contribution is -2.22.